The number of phenols is 1. The first-order valence-electron chi connectivity index (χ1n) is 10.5. The summed E-state index contributed by atoms with van der Waals surface area (Å²) < 4.78 is 1.32. The van der Waals surface area contributed by atoms with Crippen LogP contribution in [0.25, 0.3) is 5.69 Å². The molecule has 3 N–H and O–H groups in total. The summed E-state index contributed by atoms with van der Waals surface area (Å²) >= 11 is 17.9. The fourth-order valence-electron chi connectivity index (χ4n) is 3.83. The van der Waals surface area contributed by atoms with Gasteiger partial charge in [0, 0.05) is 15.6 Å². The normalized spacial score (nSPS) is 15.1. The molecule has 1 aromatic heterocycles. The van der Waals surface area contributed by atoms with E-state index in [-0.39, 0.29) is 21.9 Å². The molecule has 36 heavy (non-hydrogen) atoms. The van der Waals surface area contributed by atoms with E-state index >= 15 is 0 Å². The number of urea groups is 1. The summed E-state index contributed by atoms with van der Waals surface area (Å²) in [6, 6.07) is 17.7. The fraction of sp³-hybridized carbons (Fsp3) is 0.0417. The Kier molecular flexibility index (Phi) is 6.31. The van der Waals surface area contributed by atoms with Crippen LogP contribution in [-0.4, -0.2) is 25.7 Å². The van der Waals surface area contributed by atoms with Gasteiger partial charge in [-0.1, -0.05) is 46.6 Å². The molecular formula is C24H16Cl2N6O3S. The molecule has 3 aromatic carbocycles. The van der Waals surface area contributed by atoms with Crippen molar-refractivity contribution in [3.63, 3.8) is 0 Å². The Hall–Kier alpha value is -3.99. The maximum Gasteiger partial charge on any atom is 0.345 e. The van der Waals surface area contributed by atoms with Crippen molar-refractivity contribution in [2.75, 3.05) is 5.32 Å². The van der Waals surface area contributed by atoms with Crippen molar-refractivity contribution >= 4 is 53.0 Å². The lowest BCUT2D eigenvalue weighted by Gasteiger charge is -2.33. The number of rotatable bonds is 4. The number of aromatic amines is 1. The molecule has 2 heterocycles. The lowest BCUT2D eigenvalue weighted by atomic mass is 9.98. The third-order valence-electron chi connectivity index (χ3n) is 5.49. The SMILES string of the molecule is O=C1Nc2[nH]c(=S)n(-c3ccc(O)cc3)c(=O)c2C(c2ccccc2Cl)N1N=Nc1ccc(Cl)cc1. The molecule has 4 aromatic rings. The number of carbonyl (C=O) groups is 1. The maximum absolute atomic E-state index is 13.9. The van der Waals surface area contributed by atoms with E-state index in [1.165, 1.54) is 16.7 Å². The number of benzene rings is 3. The minimum Gasteiger partial charge on any atom is -0.508 e. The largest absolute Gasteiger partial charge is 0.508 e. The van der Waals surface area contributed by atoms with Gasteiger partial charge in [0.2, 0.25) is 0 Å². The smallest absolute Gasteiger partial charge is 0.345 e. The van der Waals surface area contributed by atoms with Gasteiger partial charge in [-0.05, 0) is 66.8 Å². The summed E-state index contributed by atoms with van der Waals surface area (Å²) in [5, 5.41) is 22.5. The number of nitrogens with one attached hydrogen (secondary N) is 2. The summed E-state index contributed by atoms with van der Waals surface area (Å²) in [6.07, 6.45) is 0. The zero-order valence-corrected chi connectivity index (χ0v) is 20.6. The first-order chi connectivity index (χ1) is 17.3. The van der Waals surface area contributed by atoms with Gasteiger partial charge in [0.25, 0.3) is 5.56 Å². The number of aromatic nitrogens is 2. The number of anilines is 1. The number of amides is 2. The predicted octanol–water partition coefficient (Wildman–Crippen LogP) is 6.54. The molecule has 0 saturated carbocycles. The molecular weight excluding hydrogens is 523 g/mol. The molecule has 0 fully saturated rings. The van der Waals surface area contributed by atoms with Crippen LogP contribution in [0.4, 0.5) is 16.3 Å². The van der Waals surface area contributed by atoms with Crippen LogP contribution in [0.3, 0.4) is 0 Å². The molecule has 9 nitrogen and oxygen atoms in total. The Labute approximate surface area is 219 Å². The summed E-state index contributed by atoms with van der Waals surface area (Å²) in [5.74, 6) is 0.169. The van der Waals surface area contributed by atoms with Gasteiger partial charge < -0.3 is 10.1 Å². The van der Waals surface area contributed by atoms with Gasteiger partial charge in [-0.2, -0.15) is 5.01 Å². The highest BCUT2D eigenvalue weighted by molar-refractivity contribution is 7.71. The number of hydrogen-bond acceptors (Lipinski definition) is 6. The van der Waals surface area contributed by atoms with Crippen molar-refractivity contribution < 1.29 is 9.90 Å². The lowest BCUT2D eigenvalue weighted by Crippen LogP contribution is -2.44. The van der Waals surface area contributed by atoms with E-state index in [0.29, 0.717) is 27.0 Å². The van der Waals surface area contributed by atoms with Crippen LogP contribution in [0.2, 0.25) is 10.0 Å². The fourth-order valence-corrected chi connectivity index (χ4v) is 4.48. The average molecular weight is 539 g/mol. The second kappa shape index (κ2) is 9.57. The Balaban J connectivity index is 1.72. The van der Waals surface area contributed by atoms with Crippen LogP contribution in [0.1, 0.15) is 17.2 Å². The van der Waals surface area contributed by atoms with Gasteiger partial charge in [-0.15, -0.1) is 5.11 Å². The van der Waals surface area contributed by atoms with Crippen molar-refractivity contribution in [2.45, 2.75) is 6.04 Å². The van der Waals surface area contributed by atoms with Crippen molar-refractivity contribution in [3.8, 4) is 11.4 Å². The molecule has 0 aliphatic carbocycles. The molecule has 180 valence electrons. The molecule has 0 bridgehead atoms. The van der Waals surface area contributed by atoms with E-state index < -0.39 is 17.6 Å². The number of aromatic hydroxyl groups is 1. The van der Waals surface area contributed by atoms with E-state index in [1.807, 2.05) is 0 Å². The number of H-pyrrole nitrogens is 1. The van der Waals surface area contributed by atoms with Crippen molar-refractivity contribution in [1.29, 1.82) is 0 Å². The molecule has 1 aliphatic heterocycles. The van der Waals surface area contributed by atoms with Crippen LogP contribution in [0.15, 0.2) is 87.9 Å². The van der Waals surface area contributed by atoms with Gasteiger partial charge in [0.05, 0.1) is 16.9 Å². The molecule has 0 radical (unpaired) electrons. The highest BCUT2D eigenvalue weighted by Gasteiger charge is 2.39. The van der Waals surface area contributed by atoms with E-state index in [1.54, 1.807) is 60.7 Å². The quantitative estimate of drug-likeness (QED) is 0.202. The third-order valence-corrected chi connectivity index (χ3v) is 6.37. The van der Waals surface area contributed by atoms with E-state index in [2.05, 4.69) is 20.6 Å². The molecule has 1 aliphatic rings. The third kappa shape index (κ3) is 4.37. The molecule has 0 spiro atoms. The highest BCUT2D eigenvalue weighted by atomic mass is 35.5. The number of halogens is 2. The summed E-state index contributed by atoms with van der Waals surface area (Å²) in [7, 11) is 0. The number of phenolic OH excluding ortho intramolecular Hbond substituents is 1. The molecule has 2 amide bonds. The van der Waals surface area contributed by atoms with Gasteiger partial charge >= 0.3 is 6.03 Å². The average Bonchev–Trinajstić information content (AvgIpc) is 2.85. The molecule has 1 unspecified atom stereocenters. The summed E-state index contributed by atoms with van der Waals surface area (Å²) in [4.78, 5) is 30.0. The minimum absolute atomic E-state index is 0.0367. The summed E-state index contributed by atoms with van der Waals surface area (Å²) in [5.41, 5.74) is 0.983. The van der Waals surface area contributed by atoms with Crippen LogP contribution in [0, 0.1) is 4.77 Å². The Morgan fingerprint density at radius 2 is 1.64 bits per heavy atom. The molecule has 12 heteroatoms. The molecule has 1 atom stereocenters. The topological polar surface area (TPSA) is 115 Å². The second-order valence-corrected chi connectivity index (χ2v) is 8.97. The first-order valence-corrected chi connectivity index (χ1v) is 11.7. The van der Waals surface area contributed by atoms with Crippen molar-refractivity contribution in [3.05, 3.63) is 109 Å². The predicted molar refractivity (Wildman–Crippen MR) is 139 cm³/mol. The second-order valence-electron chi connectivity index (χ2n) is 7.74. The van der Waals surface area contributed by atoms with Gasteiger partial charge in [-0.3, -0.25) is 14.7 Å². The first kappa shape index (κ1) is 23.7. The zero-order chi connectivity index (χ0) is 25.4. The van der Waals surface area contributed by atoms with Crippen LogP contribution in [-0.2, 0) is 0 Å². The number of hydrogen-bond donors (Lipinski definition) is 3. The maximum atomic E-state index is 13.9. The van der Waals surface area contributed by atoms with Crippen LogP contribution in [0.5, 0.6) is 5.75 Å². The highest BCUT2D eigenvalue weighted by Crippen LogP contribution is 2.38. The Morgan fingerprint density at radius 1 is 0.944 bits per heavy atom. The van der Waals surface area contributed by atoms with E-state index in [4.69, 9.17) is 35.4 Å². The van der Waals surface area contributed by atoms with E-state index in [0.717, 1.165) is 5.01 Å². The van der Waals surface area contributed by atoms with Crippen molar-refractivity contribution in [2.24, 2.45) is 10.3 Å². The van der Waals surface area contributed by atoms with Gasteiger partial charge in [-0.25, -0.2) is 4.79 Å². The van der Waals surface area contributed by atoms with Crippen molar-refractivity contribution in [1.82, 2.24) is 14.6 Å². The molecule has 5 rings (SSSR count). The monoisotopic (exact) mass is 538 g/mol. The minimum atomic E-state index is -1.03. The number of nitrogens with zero attached hydrogens (tertiary/aromatic N) is 4. The lowest BCUT2D eigenvalue weighted by molar-refractivity contribution is 0.192. The van der Waals surface area contributed by atoms with Gasteiger partial charge in [0.15, 0.2) is 4.77 Å². The van der Waals surface area contributed by atoms with Crippen LogP contribution < -0.4 is 10.9 Å². The Morgan fingerprint density at radius 3 is 2.33 bits per heavy atom. The number of carbonyl (C=O) groups excluding carboxylic acids is 1. The standard InChI is InChI=1S/C24H16Cl2N6O3S/c25-13-5-7-14(8-6-13)29-30-32-20(17-3-1-2-4-18(17)26)19-21(27-23(32)35)28-24(36)31(22(19)34)15-9-11-16(33)12-10-15/h1-12,20,33H,(H,27,35)(H,28,36). The molecule has 0 saturated heterocycles. The summed E-state index contributed by atoms with van der Waals surface area (Å²) in [6.45, 7) is 0. The zero-order valence-electron chi connectivity index (χ0n) is 18.2. The van der Waals surface area contributed by atoms with Gasteiger partial charge in [0.1, 0.15) is 17.6 Å². The van der Waals surface area contributed by atoms with E-state index in [9.17, 15) is 14.7 Å². The Bertz CT molecular complexity index is 1620. The van der Waals surface area contributed by atoms with Crippen LogP contribution >= 0.6 is 35.4 Å². The number of fused-ring (bicyclic) bond motifs is 1.